The third kappa shape index (κ3) is 5.19. The highest BCUT2D eigenvalue weighted by molar-refractivity contribution is 7.18. The molecule has 0 radical (unpaired) electrons. The fourth-order valence-corrected chi connectivity index (χ4v) is 6.42. The zero-order valence-electron chi connectivity index (χ0n) is 23.8. The fourth-order valence-electron chi connectivity index (χ4n) is 5.53. The lowest BCUT2D eigenvalue weighted by atomic mass is 10.1. The number of ether oxygens (including phenoxy) is 1. The summed E-state index contributed by atoms with van der Waals surface area (Å²) in [5.74, 6) is 0. The average Bonchev–Trinajstić information content (AvgIpc) is 3.68. The Labute approximate surface area is 247 Å². The van der Waals surface area contributed by atoms with Crippen LogP contribution in [0.25, 0.3) is 27.5 Å². The van der Waals surface area contributed by atoms with Crippen molar-refractivity contribution >= 4 is 33.8 Å². The van der Waals surface area contributed by atoms with Gasteiger partial charge in [-0.15, -0.1) is 10.2 Å². The number of hydrogen-bond acceptors (Lipinski definition) is 11. The van der Waals surface area contributed by atoms with E-state index in [1.165, 1.54) is 17.5 Å². The van der Waals surface area contributed by atoms with Crippen molar-refractivity contribution in [2.75, 3.05) is 23.3 Å². The molecule has 4 aromatic rings. The van der Waals surface area contributed by atoms with Gasteiger partial charge in [-0.3, -0.25) is 9.88 Å². The number of rotatable bonds is 5. The van der Waals surface area contributed by atoms with Gasteiger partial charge < -0.3 is 15.0 Å². The first kappa shape index (κ1) is 27.4. The lowest BCUT2D eigenvalue weighted by Crippen LogP contribution is -2.56. The third-order valence-electron chi connectivity index (χ3n) is 7.36. The van der Waals surface area contributed by atoms with Gasteiger partial charge in [0.1, 0.15) is 17.7 Å². The topological polar surface area (TPSA) is 148 Å². The number of pyridine rings is 1. The van der Waals surface area contributed by atoms with Gasteiger partial charge in [-0.25, -0.2) is 9.31 Å². The van der Waals surface area contributed by atoms with Crippen LogP contribution in [0.3, 0.4) is 0 Å². The maximum atomic E-state index is 12.9. The summed E-state index contributed by atoms with van der Waals surface area (Å²) in [4.78, 5) is 21.7. The molecule has 0 spiro atoms. The van der Waals surface area contributed by atoms with Crippen molar-refractivity contribution in [3.05, 3.63) is 42.2 Å². The van der Waals surface area contributed by atoms with Crippen molar-refractivity contribution in [2.24, 2.45) is 0 Å². The van der Waals surface area contributed by atoms with Crippen LogP contribution in [-0.2, 0) is 4.74 Å². The van der Waals surface area contributed by atoms with E-state index < -0.39 is 11.6 Å². The highest BCUT2D eigenvalue weighted by Crippen LogP contribution is 2.39. The summed E-state index contributed by atoms with van der Waals surface area (Å²) in [6.45, 7) is 8.78. The van der Waals surface area contributed by atoms with Gasteiger partial charge in [0.15, 0.2) is 5.01 Å². The zero-order valence-corrected chi connectivity index (χ0v) is 24.6. The molecule has 0 saturated carbocycles. The number of anilines is 2. The molecule has 12 nitrogen and oxygen atoms in total. The Hall–Kier alpha value is -4.75. The second kappa shape index (κ2) is 10.6. The highest BCUT2D eigenvalue weighted by atomic mass is 32.1. The van der Waals surface area contributed by atoms with Crippen LogP contribution in [-0.4, -0.2) is 72.6 Å². The second-order valence-corrected chi connectivity index (χ2v) is 12.5. The molecule has 0 aromatic carbocycles. The van der Waals surface area contributed by atoms with Crippen LogP contribution in [0.15, 0.2) is 36.7 Å². The first-order chi connectivity index (χ1) is 20.1. The van der Waals surface area contributed by atoms with Gasteiger partial charge in [0.2, 0.25) is 5.13 Å². The number of carbonyl (C=O) groups excluding carboxylic acids is 1. The van der Waals surface area contributed by atoms with Crippen LogP contribution in [0, 0.1) is 22.7 Å². The van der Waals surface area contributed by atoms with Gasteiger partial charge >= 0.3 is 6.09 Å². The molecule has 6 rings (SSSR count). The molecule has 6 heterocycles. The Bertz CT molecular complexity index is 1730. The molecule has 2 saturated heterocycles. The number of nitrogens with zero attached hydrogens (tertiary/aromatic N) is 9. The molecule has 3 atom stereocenters. The molecule has 42 heavy (non-hydrogen) atoms. The van der Waals surface area contributed by atoms with Gasteiger partial charge in [-0.05, 0) is 64.8 Å². The van der Waals surface area contributed by atoms with Crippen molar-refractivity contribution in [1.82, 2.24) is 29.7 Å². The zero-order chi connectivity index (χ0) is 29.6. The van der Waals surface area contributed by atoms with Crippen LogP contribution >= 0.6 is 11.3 Å². The van der Waals surface area contributed by atoms with E-state index in [1.807, 2.05) is 43.9 Å². The van der Waals surface area contributed by atoms with Crippen molar-refractivity contribution in [3.63, 3.8) is 0 Å². The number of nitrogens with one attached hydrogen (secondary N) is 1. The third-order valence-corrected chi connectivity index (χ3v) is 8.38. The first-order valence-corrected chi connectivity index (χ1v) is 14.6. The summed E-state index contributed by atoms with van der Waals surface area (Å²) >= 11 is 1.46. The summed E-state index contributed by atoms with van der Waals surface area (Å²) in [7, 11) is 0. The molecule has 2 fully saturated rings. The normalized spacial score (nSPS) is 18.9. The minimum Gasteiger partial charge on any atom is -0.444 e. The van der Waals surface area contributed by atoms with E-state index in [2.05, 4.69) is 37.7 Å². The smallest absolute Gasteiger partial charge is 0.410 e. The van der Waals surface area contributed by atoms with Crippen molar-refractivity contribution in [2.45, 2.75) is 64.3 Å². The quantitative estimate of drug-likeness (QED) is 0.351. The average molecular weight is 583 g/mol. The van der Waals surface area contributed by atoms with Crippen LogP contribution in [0.2, 0.25) is 0 Å². The van der Waals surface area contributed by atoms with Crippen LogP contribution < -0.4 is 10.2 Å². The first-order valence-electron chi connectivity index (χ1n) is 13.8. The number of carbonyl (C=O) groups is 1. The van der Waals surface area contributed by atoms with E-state index in [4.69, 9.17) is 9.72 Å². The molecule has 0 aliphatic carbocycles. The summed E-state index contributed by atoms with van der Waals surface area (Å²) < 4.78 is 7.40. The Morgan fingerprint density at radius 3 is 2.60 bits per heavy atom. The van der Waals surface area contributed by atoms with Crippen LogP contribution in [0.1, 0.15) is 46.1 Å². The van der Waals surface area contributed by atoms with Gasteiger partial charge in [-0.1, -0.05) is 11.3 Å². The monoisotopic (exact) mass is 582 g/mol. The predicted octanol–water partition coefficient (Wildman–Crippen LogP) is 4.70. The standard InChI is InChI=1S/C29H30N10O2S/c1-17(11-30)34-23-10-24(25-8-7-19-9-18(12-31)13-33-39(19)25)32-14-22(23)26-35-36-27(42-26)37-15-20-5-6-21(16-37)38(20)28(40)41-29(2,3)4/h7-10,13-14,17,20-21H,5-6,15-16H2,1-4H3,(H,32,34)/t17-,20?,21?/m1/s1. The number of nitriles is 2. The molecule has 2 aliphatic rings. The van der Waals surface area contributed by atoms with Crippen molar-refractivity contribution in [3.8, 4) is 34.1 Å². The molecule has 2 aliphatic heterocycles. The second-order valence-electron chi connectivity index (χ2n) is 11.6. The molecular formula is C29H30N10O2S. The minimum absolute atomic E-state index is 0.0651. The van der Waals surface area contributed by atoms with E-state index in [0.29, 0.717) is 35.0 Å². The maximum absolute atomic E-state index is 12.9. The Balaban J connectivity index is 1.27. The molecule has 2 unspecified atom stereocenters. The predicted molar refractivity (Wildman–Crippen MR) is 158 cm³/mol. The maximum Gasteiger partial charge on any atom is 0.410 e. The van der Waals surface area contributed by atoms with E-state index in [-0.39, 0.29) is 18.2 Å². The lowest BCUT2D eigenvalue weighted by molar-refractivity contribution is 0.0123. The molecule has 2 bridgehead atoms. The number of fused-ring (bicyclic) bond motifs is 3. The minimum atomic E-state index is -0.535. The summed E-state index contributed by atoms with van der Waals surface area (Å²) in [6.07, 6.45) is 4.86. The molecular weight excluding hydrogens is 552 g/mol. The van der Waals surface area contributed by atoms with Crippen LogP contribution in [0.4, 0.5) is 15.6 Å². The van der Waals surface area contributed by atoms with Gasteiger partial charge in [0.05, 0.1) is 52.4 Å². The highest BCUT2D eigenvalue weighted by Gasteiger charge is 2.45. The summed E-state index contributed by atoms with van der Waals surface area (Å²) in [5, 5.41) is 36.9. The van der Waals surface area contributed by atoms with Crippen LogP contribution in [0.5, 0.6) is 0 Å². The number of hydrogen-bond donors (Lipinski definition) is 1. The van der Waals surface area contributed by atoms with E-state index in [9.17, 15) is 15.3 Å². The number of aromatic nitrogens is 5. The van der Waals surface area contributed by atoms with Crippen molar-refractivity contribution in [1.29, 1.82) is 10.5 Å². The van der Waals surface area contributed by atoms with E-state index in [0.717, 1.165) is 34.7 Å². The molecule has 13 heteroatoms. The Morgan fingerprint density at radius 1 is 1.14 bits per heavy atom. The lowest BCUT2D eigenvalue weighted by Gasteiger charge is -2.41. The van der Waals surface area contributed by atoms with Gasteiger partial charge in [0, 0.05) is 25.0 Å². The number of amides is 1. The van der Waals surface area contributed by atoms with Crippen molar-refractivity contribution < 1.29 is 9.53 Å². The molecule has 1 amide bonds. The Morgan fingerprint density at radius 2 is 1.90 bits per heavy atom. The molecule has 1 N–H and O–H groups in total. The number of piperazine rings is 1. The SMILES string of the molecule is C[C@H](C#N)Nc1cc(-c2ccc3cc(C#N)cnn23)ncc1-c1nnc(N2CC3CCC(C2)N3C(=O)OC(C)(C)C)s1. The Kier molecular flexibility index (Phi) is 6.91. The fraction of sp³-hybridized carbons (Fsp3) is 0.414. The molecule has 4 aromatic heterocycles. The summed E-state index contributed by atoms with van der Waals surface area (Å²) in [5.41, 5.74) is 3.58. The largest absolute Gasteiger partial charge is 0.444 e. The van der Waals surface area contributed by atoms with Gasteiger partial charge in [-0.2, -0.15) is 15.6 Å². The van der Waals surface area contributed by atoms with Gasteiger partial charge in [0.25, 0.3) is 0 Å². The summed E-state index contributed by atoms with van der Waals surface area (Å²) in [6, 6.07) is 11.4. The van der Waals surface area contributed by atoms with E-state index in [1.54, 1.807) is 23.7 Å². The van der Waals surface area contributed by atoms with E-state index >= 15 is 0 Å². The molecule has 214 valence electrons.